The van der Waals surface area contributed by atoms with Crippen molar-refractivity contribution < 1.29 is 9.90 Å². The number of carboxylic acid groups (broad SMARTS) is 1. The van der Waals surface area contributed by atoms with Crippen molar-refractivity contribution in [2.24, 2.45) is 0 Å². The zero-order chi connectivity index (χ0) is 13.7. The minimum atomic E-state index is -0.683. The molecule has 4 heteroatoms. The molecule has 104 valence electrons. The Balaban J connectivity index is 1.88. The molecule has 0 aliphatic carbocycles. The second-order valence-corrected chi connectivity index (χ2v) is 6.35. The molecule has 1 fully saturated rings. The SMILES string of the molecule is CC1(C(=O)O)CCCCN1CCSc1ccccc1. The molecule has 0 radical (unpaired) electrons. The van der Waals surface area contributed by atoms with Gasteiger partial charge in [-0.2, -0.15) is 0 Å². The number of nitrogens with zero attached hydrogens (tertiary/aromatic N) is 1. The van der Waals surface area contributed by atoms with Gasteiger partial charge in [0.1, 0.15) is 5.54 Å². The van der Waals surface area contributed by atoms with Crippen LogP contribution in [-0.2, 0) is 4.79 Å². The molecule has 1 heterocycles. The van der Waals surface area contributed by atoms with Crippen LogP contribution in [0.4, 0.5) is 0 Å². The number of likely N-dealkylation sites (tertiary alicyclic amines) is 1. The molecule has 19 heavy (non-hydrogen) atoms. The summed E-state index contributed by atoms with van der Waals surface area (Å²) < 4.78 is 0. The van der Waals surface area contributed by atoms with Gasteiger partial charge in [-0.15, -0.1) is 11.8 Å². The van der Waals surface area contributed by atoms with Gasteiger partial charge in [0, 0.05) is 17.2 Å². The van der Waals surface area contributed by atoms with Gasteiger partial charge in [0.05, 0.1) is 0 Å². The van der Waals surface area contributed by atoms with E-state index in [9.17, 15) is 9.90 Å². The highest BCUT2D eigenvalue weighted by Crippen LogP contribution is 2.29. The molecule has 1 saturated heterocycles. The van der Waals surface area contributed by atoms with Crippen LogP contribution in [0.5, 0.6) is 0 Å². The van der Waals surface area contributed by atoms with Crippen LogP contribution in [0.25, 0.3) is 0 Å². The van der Waals surface area contributed by atoms with Crippen molar-refractivity contribution in [3.05, 3.63) is 30.3 Å². The molecule has 3 nitrogen and oxygen atoms in total. The van der Waals surface area contributed by atoms with Crippen molar-refractivity contribution in [1.82, 2.24) is 4.90 Å². The molecule has 1 aliphatic heterocycles. The number of piperidine rings is 1. The molecule has 1 N–H and O–H groups in total. The van der Waals surface area contributed by atoms with Gasteiger partial charge in [0.2, 0.25) is 0 Å². The van der Waals surface area contributed by atoms with Crippen LogP contribution in [-0.4, -0.2) is 40.4 Å². The van der Waals surface area contributed by atoms with E-state index in [0.717, 1.165) is 38.1 Å². The van der Waals surface area contributed by atoms with E-state index in [4.69, 9.17) is 0 Å². The van der Waals surface area contributed by atoms with Crippen LogP contribution in [0.2, 0.25) is 0 Å². The lowest BCUT2D eigenvalue weighted by Crippen LogP contribution is -2.55. The molecule has 0 saturated carbocycles. The van der Waals surface area contributed by atoms with E-state index in [1.807, 2.05) is 25.1 Å². The van der Waals surface area contributed by atoms with Crippen molar-refractivity contribution >= 4 is 17.7 Å². The third kappa shape index (κ3) is 3.51. The van der Waals surface area contributed by atoms with Crippen LogP contribution in [0.3, 0.4) is 0 Å². The Morgan fingerprint density at radius 1 is 1.37 bits per heavy atom. The molecule has 1 atom stereocenters. The van der Waals surface area contributed by atoms with Gasteiger partial charge < -0.3 is 5.11 Å². The van der Waals surface area contributed by atoms with Gasteiger partial charge in [0.25, 0.3) is 0 Å². The number of carboxylic acids is 1. The Kier molecular flexibility index (Phi) is 4.88. The van der Waals surface area contributed by atoms with Crippen LogP contribution in [0, 0.1) is 0 Å². The zero-order valence-corrected chi connectivity index (χ0v) is 12.2. The van der Waals surface area contributed by atoms with Gasteiger partial charge in [-0.1, -0.05) is 18.2 Å². The average Bonchev–Trinajstić information content (AvgIpc) is 2.42. The molecule has 1 unspecified atom stereocenters. The predicted octanol–water partition coefficient (Wildman–Crippen LogP) is 3.11. The Morgan fingerprint density at radius 2 is 2.11 bits per heavy atom. The standard InChI is InChI=1S/C15H21NO2S/c1-15(14(17)18)9-5-6-10-16(15)11-12-19-13-7-3-2-4-8-13/h2-4,7-8H,5-6,9-12H2,1H3,(H,17,18). The van der Waals surface area contributed by atoms with Gasteiger partial charge in [-0.05, 0) is 44.9 Å². The molecular weight excluding hydrogens is 258 g/mol. The lowest BCUT2D eigenvalue weighted by atomic mass is 9.88. The van der Waals surface area contributed by atoms with E-state index in [2.05, 4.69) is 17.0 Å². The van der Waals surface area contributed by atoms with Gasteiger partial charge >= 0.3 is 5.97 Å². The Bertz CT molecular complexity index is 423. The average molecular weight is 279 g/mol. The molecule has 0 amide bonds. The number of aliphatic carboxylic acids is 1. The summed E-state index contributed by atoms with van der Waals surface area (Å²) >= 11 is 1.79. The number of rotatable bonds is 5. The maximum Gasteiger partial charge on any atom is 0.323 e. The summed E-state index contributed by atoms with van der Waals surface area (Å²) in [5.41, 5.74) is -0.671. The zero-order valence-electron chi connectivity index (χ0n) is 11.3. The minimum Gasteiger partial charge on any atom is -0.480 e. The summed E-state index contributed by atoms with van der Waals surface area (Å²) in [6.45, 7) is 3.60. The fourth-order valence-corrected chi connectivity index (χ4v) is 3.46. The second-order valence-electron chi connectivity index (χ2n) is 5.18. The number of benzene rings is 1. The van der Waals surface area contributed by atoms with E-state index < -0.39 is 11.5 Å². The lowest BCUT2D eigenvalue weighted by molar-refractivity contribution is -0.152. The first-order valence-corrected chi connectivity index (χ1v) is 7.78. The minimum absolute atomic E-state index is 0.671. The highest BCUT2D eigenvalue weighted by molar-refractivity contribution is 7.99. The molecule has 0 spiro atoms. The van der Waals surface area contributed by atoms with Crippen LogP contribution < -0.4 is 0 Å². The van der Waals surface area contributed by atoms with Crippen LogP contribution >= 0.6 is 11.8 Å². The van der Waals surface area contributed by atoms with Crippen molar-refractivity contribution in [2.75, 3.05) is 18.8 Å². The van der Waals surface area contributed by atoms with E-state index >= 15 is 0 Å². The lowest BCUT2D eigenvalue weighted by Gasteiger charge is -2.41. The highest BCUT2D eigenvalue weighted by atomic mass is 32.2. The largest absolute Gasteiger partial charge is 0.480 e. The van der Waals surface area contributed by atoms with Crippen molar-refractivity contribution in [3.63, 3.8) is 0 Å². The number of carbonyl (C=O) groups is 1. The Morgan fingerprint density at radius 3 is 2.79 bits per heavy atom. The van der Waals surface area contributed by atoms with Gasteiger partial charge in [0.15, 0.2) is 0 Å². The quantitative estimate of drug-likeness (QED) is 0.841. The van der Waals surface area contributed by atoms with Gasteiger partial charge in [-0.3, -0.25) is 9.69 Å². The molecule has 2 rings (SSSR count). The predicted molar refractivity (Wildman–Crippen MR) is 78.6 cm³/mol. The van der Waals surface area contributed by atoms with E-state index in [1.54, 1.807) is 11.8 Å². The number of thioether (sulfide) groups is 1. The third-order valence-corrected chi connectivity index (χ3v) is 4.87. The molecule has 0 aromatic heterocycles. The second kappa shape index (κ2) is 6.44. The summed E-state index contributed by atoms with van der Waals surface area (Å²) in [5.74, 6) is 0.254. The molecule has 1 aliphatic rings. The summed E-state index contributed by atoms with van der Waals surface area (Å²) in [6, 6.07) is 10.3. The maximum atomic E-state index is 11.5. The molecule has 0 bridgehead atoms. The van der Waals surface area contributed by atoms with Crippen molar-refractivity contribution in [1.29, 1.82) is 0 Å². The van der Waals surface area contributed by atoms with Gasteiger partial charge in [-0.25, -0.2) is 0 Å². The van der Waals surface area contributed by atoms with E-state index in [-0.39, 0.29) is 0 Å². The summed E-state index contributed by atoms with van der Waals surface area (Å²) in [6.07, 6.45) is 2.89. The third-order valence-electron chi connectivity index (χ3n) is 3.87. The fraction of sp³-hybridized carbons (Fsp3) is 0.533. The Hall–Kier alpha value is -1.00. The first kappa shape index (κ1) is 14.4. The maximum absolute atomic E-state index is 11.5. The molecule has 1 aromatic carbocycles. The van der Waals surface area contributed by atoms with Crippen molar-refractivity contribution in [3.8, 4) is 0 Å². The first-order valence-electron chi connectivity index (χ1n) is 6.79. The fourth-order valence-electron chi connectivity index (χ4n) is 2.57. The number of hydrogen-bond acceptors (Lipinski definition) is 3. The highest BCUT2D eigenvalue weighted by Gasteiger charge is 2.40. The monoisotopic (exact) mass is 279 g/mol. The Labute approximate surface area is 119 Å². The summed E-state index contributed by atoms with van der Waals surface area (Å²) in [7, 11) is 0. The molecular formula is C15H21NO2S. The van der Waals surface area contributed by atoms with Crippen LogP contribution in [0.1, 0.15) is 26.2 Å². The molecule has 1 aromatic rings. The summed E-state index contributed by atoms with van der Waals surface area (Å²) in [5, 5.41) is 9.44. The summed E-state index contributed by atoms with van der Waals surface area (Å²) in [4.78, 5) is 14.9. The van der Waals surface area contributed by atoms with Crippen LogP contribution in [0.15, 0.2) is 35.2 Å². The topological polar surface area (TPSA) is 40.5 Å². The van der Waals surface area contributed by atoms with E-state index in [0.29, 0.717) is 0 Å². The first-order chi connectivity index (χ1) is 9.13. The smallest absolute Gasteiger partial charge is 0.323 e. The van der Waals surface area contributed by atoms with Crippen molar-refractivity contribution in [2.45, 2.75) is 36.6 Å². The number of hydrogen-bond donors (Lipinski definition) is 1. The van der Waals surface area contributed by atoms with E-state index in [1.165, 1.54) is 4.90 Å². The normalized spacial score (nSPS) is 24.3.